The lowest BCUT2D eigenvalue weighted by Crippen LogP contribution is -2.42. The first kappa shape index (κ1) is 15.9. The van der Waals surface area contributed by atoms with Crippen LogP contribution < -0.4 is 5.32 Å². The van der Waals surface area contributed by atoms with E-state index >= 15 is 0 Å². The molecule has 0 bridgehead atoms. The standard InChI is InChI=1S/C15H20FNO3S/c1-21(19,20)14-7-3-6-13(10-14)17-15(18)9-11-4-2-5-12(16)8-11/h2,4-5,8,13-14H,3,6-7,9-10H2,1H3,(H,17,18)/t13-,14-/m1/s1. The van der Waals surface area contributed by atoms with E-state index in [0.29, 0.717) is 18.4 Å². The highest BCUT2D eigenvalue weighted by atomic mass is 32.2. The molecule has 0 aliphatic heterocycles. The van der Waals surface area contributed by atoms with E-state index in [-0.39, 0.29) is 29.4 Å². The summed E-state index contributed by atoms with van der Waals surface area (Å²) in [6.45, 7) is 0. The smallest absolute Gasteiger partial charge is 0.224 e. The van der Waals surface area contributed by atoms with Gasteiger partial charge in [0.25, 0.3) is 0 Å². The maximum absolute atomic E-state index is 13.1. The van der Waals surface area contributed by atoms with Crippen LogP contribution in [-0.2, 0) is 21.1 Å². The van der Waals surface area contributed by atoms with Crippen molar-refractivity contribution in [2.45, 2.75) is 43.4 Å². The van der Waals surface area contributed by atoms with Crippen LogP contribution in [0.2, 0.25) is 0 Å². The summed E-state index contributed by atoms with van der Waals surface area (Å²) in [4.78, 5) is 12.0. The molecule has 1 fully saturated rings. The average molecular weight is 313 g/mol. The molecule has 21 heavy (non-hydrogen) atoms. The Labute approximate surface area is 124 Å². The van der Waals surface area contributed by atoms with Gasteiger partial charge in [-0.2, -0.15) is 0 Å². The maximum atomic E-state index is 13.1. The van der Waals surface area contributed by atoms with Crippen molar-refractivity contribution in [1.29, 1.82) is 0 Å². The lowest BCUT2D eigenvalue weighted by molar-refractivity contribution is -0.121. The Morgan fingerprint density at radius 1 is 1.38 bits per heavy atom. The minimum absolute atomic E-state index is 0.109. The monoisotopic (exact) mass is 313 g/mol. The van der Waals surface area contributed by atoms with Crippen LogP contribution in [-0.4, -0.2) is 31.9 Å². The number of hydrogen-bond donors (Lipinski definition) is 1. The van der Waals surface area contributed by atoms with Gasteiger partial charge in [-0.25, -0.2) is 12.8 Å². The molecule has 0 radical (unpaired) electrons. The minimum Gasteiger partial charge on any atom is -0.353 e. The molecule has 1 amide bonds. The van der Waals surface area contributed by atoms with Crippen molar-refractivity contribution in [2.75, 3.05) is 6.26 Å². The molecule has 1 aromatic rings. The highest BCUT2D eigenvalue weighted by molar-refractivity contribution is 7.91. The Bertz CT molecular complexity index is 615. The Morgan fingerprint density at radius 3 is 2.81 bits per heavy atom. The van der Waals surface area contributed by atoms with Gasteiger partial charge in [-0.15, -0.1) is 0 Å². The van der Waals surface area contributed by atoms with Crippen LogP contribution in [0.1, 0.15) is 31.2 Å². The third-order valence-corrected chi connectivity index (χ3v) is 5.49. The van der Waals surface area contributed by atoms with Gasteiger partial charge in [0, 0.05) is 12.3 Å². The second kappa shape index (κ2) is 6.56. The summed E-state index contributed by atoms with van der Waals surface area (Å²) in [6, 6.07) is 5.82. The summed E-state index contributed by atoms with van der Waals surface area (Å²) < 4.78 is 36.2. The third-order valence-electron chi connectivity index (χ3n) is 3.85. The van der Waals surface area contributed by atoms with E-state index in [0.717, 1.165) is 12.8 Å². The largest absolute Gasteiger partial charge is 0.353 e. The molecule has 1 saturated carbocycles. The van der Waals surface area contributed by atoms with Gasteiger partial charge < -0.3 is 5.32 Å². The molecular weight excluding hydrogens is 293 g/mol. The van der Waals surface area contributed by atoms with Gasteiger partial charge >= 0.3 is 0 Å². The van der Waals surface area contributed by atoms with Crippen molar-refractivity contribution in [2.24, 2.45) is 0 Å². The topological polar surface area (TPSA) is 63.2 Å². The van der Waals surface area contributed by atoms with Crippen LogP contribution in [0.3, 0.4) is 0 Å². The van der Waals surface area contributed by atoms with Crippen molar-refractivity contribution in [3.05, 3.63) is 35.6 Å². The Balaban J connectivity index is 1.90. The number of carbonyl (C=O) groups excluding carboxylic acids is 1. The second-order valence-electron chi connectivity index (χ2n) is 5.69. The Kier molecular flexibility index (Phi) is 4.98. The number of halogens is 1. The number of nitrogens with one attached hydrogen (secondary N) is 1. The van der Waals surface area contributed by atoms with E-state index in [2.05, 4.69) is 5.32 Å². The van der Waals surface area contributed by atoms with E-state index in [1.807, 2.05) is 0 Å². The van der Waals surface area contributed by atoms with E-state index in [1.165, 1.54) is 18.4 Å². The SMILES string of the molecule is CS(=O)(=O)[C@@H]1CCC[C@@H](NC(=O)Cc2cccc(F)c2)C1. The van der Waals surface area contributed by atoms with E-state index in [1.54, 1.807) is 12.1 Å². The summed E-state index contributed by atoms with van der Waals surface area (Å²) in [5.41, 5.74) is 0.614. The number of sulfone groups is 1. The zero-order chi connectivity index (χ0) is 15.5. The average Bonchev–Trinajstić information content (AvgIpc) is 2.37. The molecule has 4 nitrogen and oxygen atoms in total. The van der Waals surface area contributed by atoms with Crippen molar-refractivity contribution in [3.63, 3.8) is 0 Å². The molecular formula is C15H20FNO3S. The first-order chi connectivity index (χ1) is 9.84. The molecule has 1 aliphatic carbocycles. The van der Waals surface area contributed by atoms with Crippen LogP contribution >= 0.6 is 0 Å². The van der Waals surface area contributed by atoms with Crippen molar-refractivity contribution < 1.29 is 17.6 Å². The summed E-state index contributed by atoms with van der Waals surface area (Å²) in [7, 11) is -3.06. The summed E-state index contributed by atoms with van der Waals surface area (Å²) in [6.07, 6.45) is 4.07. The van der Waals surface area contributed by atoms with Crippen molar-refractivity contribution >= 4 is 15.7 Å². The minimum atomic E-state index is -3.06. The first-order valence-corrected chi connectivity index (χ1v) is 9.03. The number of benzene rings is 1. The zero-order valence-corrected chi connectivity index (χ0v) is 12.8. The quantitative estimate of drug-likeness (QED) is 0.922. The fourth-order valence-electron chi connectivity index (χ4n) is 2.78. The molecule has 1 N–H and O–H groups in total. The van der Waals surface area contributed by atoms with Gasteiger partial charge in [-0.05, 0) is 37.0 Å². The molecule has 0 aromatic heterocycles. The Morgan fingerprint density at radius 2 is 2.14 bits per heavy atom. The molecule has 1 aromatic carbocycles. The molecule has 2 atom stereocenters. The fraction of sp³-hybridized carbons (Fsp3) is 0.533. The maximum Gasteiger partial charge on any atom is 0.224 e. The van der Waals surface area contributed by atoms with Crippen LogP contribution in [0.15, 0.2) is 24.3 Å². The highest BCUT2D eigenvalue weighted by Gasteiger charge is 2.29. The van der Waals surface area contributed by atoms with Gasteiger partial charge in [-0.1, -0.05) is 18.6 Å². The number of carbonyl (C=O) groups is 1. The van der Waals surface area contributed by atoms with E-state index in [9.17, 15) is 17.6 Å². The number of amides is 1. The van der Waals surface area contributed by atoms with Gasteiger partial charge in [-0.3, -0.25) is 4.79 Å². The van der Waals surface area contributed by atoms with Gasteiger partial charge in [0.15, 0.2) is 0 Å². The number of rotatable bonds is 4. The van der Waals surface area contributed by atoms with Crippen LogP contribution in [0.4, 0.5) is 4.39 Å². The van der Waals surface area contributed by atoms with Gasteiger partial charge in [0.1, 0.15) is 15.7 Å². The van der Waals surface area contributed by atoms with Gasteiger partial charge in [0.05, 0.1) is 11.7 Å². The van der Waals surface area contributed by atoms with E-state index in [4.69, 9.17) is 0 Å². The molecule has 0 unspecified atom stereocenters. The summed E-state index contributed by atoms with van der Waals surface area (Å²) in [5.74, 6) is -0.560. The second-order valence-corrected chi connectivity index (χ2v) is 8.01. The predicted molar refractivity (Wildman–Crippen MR) is 79.1 cm³/mol. The molecule has 0 heterocycles. The van der Waals surface area contributed by atoms with Crippen LogP contribution in [0.25, 0.3) is 0 Å². The summed E-state index contributed by atoms with van der Waals surface area (Å²) in [5, 5.41) is 2.49. The Hall–Kier alpha value is -1.43. The summed E-state index contributed by atoms with van der Waals surface area (Å²) >= 11 is 0. The first-order valence-electron chi connectivity index (χ1n) is 7.07. The van der Waals surface area contributed by atoms with Crippen molar-refractivity contribution in [3.8, 4) is 0 Å². The normalized spacial score (nSPS) is 22.8. The lowest BCUT2D eigenvalue weighted by atomic mass is 9.94. The predicted octanol–water partition coefficient (Wildman–Crippen LogP) is 1.84. The zero-order valence-electron chi connectivity index (χ0n) is 12.0. The third kappa shape index (κ3) is 4.81. The molecule has 6 heteroatoms. The molecule has 2 rings (SSSR count). The molecule has 0 saturated heterocycles. The molecule has 116 valence electrons. The van der Waals surface area contributed by atoms with Crippen LogP contribution in [0, 0.1) is 5.82 Å². The number of hydrogen-bond acceptors (Lipinski definition) is 3. The molecule has 0 spiro atoms. The highest BCUT2D eigenvalue weighted by Crippen LogP contribution is 2.23. The molecule has 1 aliphatic rings. The van der Waals surface area contributed by atoms with Crippen molar-refractivity contribution in [1.82, 2.24) is 5.32 Å². The van der Waals surface area contributed by atoms with Gasteiger partial charge in [0.2, 0.25) is 5.91 Å². The fourth-order valence-corrected chi connectivity index (χ4v) is 3.95. The lowest BCUT2D eigenvalue weighted by Gasteiger charge is -2.28. The van der Waals surface area contributed by atoms with Crippen LogP contribution in [0.5, 0.6) is 0 Å². The van der Waals surface area contributed by atoms with E-state index < -0.39 is 9.84 Å².